The van der Waals surface area contributed by atoms with Gasteiger partial charge in [0.15, 0.2) is 0 Å². The number of carbonyl (C=O) groups is 1. The number of carbonyl (C=O) groups excluding carboxylic acids is 1. The molecule has 4 nitrogen and oxygen atoms in total. The van der Waals surface area contributed by atoms with Gasteiger partial charge >= 0.3 is 6.09 Å². The molecule has 0 radical (unpaired) electrons. The minimum atomic E-state index is -0.506. The van der Waals surface area contributed by atoms with Gasteiger partial charge in [0.1, 0.15) is 12.4 Å². The molecule has 3 aromatic carbocycles. The van der Waals surface area contributed by atoms with Gasteiger partial charge in [-0.25, -0.2) is 4.79 Å². The normalized spacial score (nSPS) is 12.3. The number of phenolic OH excluding ortho intramolecular Hbond substituents is 1. The molecule has 0 bridgehead atoms. The highest BCUT2D eigenvalue weighted by atomic mass is 16.5. The van der Waals surface area contributed by atoms with Crippen molar-refractivity contribution in [3.8, 4) is 28.7 Å². The monoisotopic (exact) mass is 425 g/mol. The fourth-order valence-electron chi connectivity index (χ4n) is 4.01. The molecule has 0 atom stereocenters. The van der Waals surface area contributed by atoms with Crippen molar-refractivity contribution in [3.05, 3.63) is 89.0 Å². The predicted molar refractivity (Wildman–Crippen MR) is 127 cm³/mol. The second-order valence-electron chi connectivity index (χ2n) is 8.96. The van der Waals surface area contributed by atoms with Crippen LogP contribution in [-0.4, -0.2) is 24.4 Å². The largest absolute Gasteiger partial charge is 0.507 e. The molecule has 32 heavy (non-hydrogen) atoms. The second kappa shape index (κ2) is 8.80. The number of fused-ring (bicyclic) bond motifs is 3. The quantitative estimate of drug-likeness (QED) is 0.539. The maximum absolute atomic E-state index is 12.2. The third kappa shape index (κ3) is 4.48. The van der Waals surface area contributed by atoms with E-state index < -0.39 is 6.09 Å². The molecule has 0 unspecified atom stereocenters. The molecule has 0 saturated heterocycles. The van der Waals surface area contributed by atoms with Gasteiger partial charge in [-0.1, -0.05) is 87.2 Å². The Kier molecular flexibility index (Phi) is 5.92. The minimum absolute atomic E-state index is 0.0244. The third-order valence-corrected chi connectivity index (χ3v) is 5.75. The highest BCUT2D eigenvalue weighted by molar-refractivity contribution is 5.79. The van der Waals surface area contributed by atoms with E-state index in [0.717, 1.165) is 5.56 Å². The predicted octanol–water partition coefficient (Wildman–Crippen LogP) is 5.58. The Bertz CT molecular complexity index is 1170. The number of phenols is 1. The molecule has 4 rings (SSSR count). The standard InChI is InChI=1S/C28H27NO3/c1-28(2,3)20-14-15-26(30)19(17-20)9-8-16-29-27(31)32-18-25-23-12-6-4-10-21(23)22-11-5-7-13-24(22)25/h4-7,10-15,17,25,30H,16,18H2,1-3H3,(H,29,31). The first-order valence-electron chi connectivity index (χ1n) is 10.8. The SMILES string of the molecule is CC(C)(C)c1ccc(O)c(C#CCNC(=O)OCC2c3ccccc3-c3ccccc32)c1. The second-order valence-corrected chi connectivity index (χ2v) is 8.96. The molecule has 4 heteroatoms. The maximum atomic E-state index is 12.2. The van der Waals surface area contributed by atoms with E-state index in [2.05, 4.69) is 62.2 Å². The molecule has 0 saturated carbocycles. The molecule has 0 fully saturated rings. The maximum Gasteiger partial charge on any atom is 0.407 e. The Morgan fingerprint density at radius 3 is 2.25 bits per heavy atom. The number of amides is 1. The zero-order valence-corrected chi connectivity index (χ0v) is 18.6. The molecular formula is C28H27NO3. The fraction of sp³-hybridized carbons (Fsp3) is 0.250. The van der Waals surface area contributed by atoms with Gasteiger partial charge in [-0.15, -0.1) is 0 Å². The zero-order chi connectivity index (χ0) is 22.7. The van der Waals surface area contributed by atoms with Crippen molar-refractivity contribution in [2.75, 3.05) is 13.2 Å². The molecule has 1 aliphatic rings. The smallest absolute Gasteiger partial charge is 0.407 e. The van der Waals surface area contributed by atoms with Crippen molar-refractivity contribution in [1.29, 1.82) is 0 Å². The summed E-state index contributed by atoms with van der Waals surface area (Å²) in [5, 5.41) is 12.7. The van der Waals surface area contributed by atoms with E-state index in [-0.39, 0.29) is 30.2 Å². The van der Waals surface area contributed by atoms with E-state index >= 15 is 0 Å². The molecule has 1 amide bonds. The van der Waals surface area contributed by atoms with Crippen molar-refractivity contribution in [2.45, 2.75) is 32.1 Å². The number of benzene rings is 3. The number of hydrogen-bond acceptors (Lipinski definition) is 3. The van der Waals surface area contributed by atoms with Gasteiger partial charge in [0.25, 0.3) is 0 Å². The Morgan fingerprint density at radius 2 is 1.62 bits per heavy atom. The first-order chi connectivity index (χ1) is 15.3. The molecule has 1 aliphatic carbocycles. The summed E-state index contributed by atoms with van der Waals surface area (Å²) >= 11 is 0. The summed E-state index contributed by atoms with van der Waals surface area (Å²) < 4.78 is 5.51. The lowest BCUT2D eigenvalue weighted by Gasteiger charge is -2.19. The van der Waals surface area contributed by atoms with E-state index in [4.69, 9.17) is 4.74 Å². The van der Waals surface area contributed by atoms with E-state index in [1.165, 1.54) is 22.3 Å². The van der Waals surface area contributed by atoms with Crippen LogP contribution in [0.2, 0.25) is 0 Å². The van der Waals surface area contributed by atoms with Crippen LogP contribution < -0.4 is 5.32 Å². The number of ether oxygens (including phenoxy) is 1. The van der Waals surface area contributed by atoms with Crippen molar-refractivity contribution in [2.24, 2.45) is 0 Å². The van der Waals surface area contributed by atoms with Crippen molar-refractivity contribution >= 4 is 6.09 Å². The van der Waals surface area contributed by atoms with Crippen LogP contribution in [0.4, 0.5) is 4.79 Å². The summed E-state index contributed by atoms with van der Waals surface area (Å²) in [4.78, 5) is 12.2. The lowest BCUT2D eigenvalue weighted by atomic mass is 9.86. The molecule has 0 aromatic heterocycles. The van der Waals surface area contributed by atoms with Crippen LogP contribution in [0.3, 0.4) is 0 Å². The summed E-state index contributed by atoms with van der Waals surface area (Å²) in [5.74, 6) is 5.98. The lowest BCUT2D eigenvalue weighted by Crippen LogP contribution is -2.26. The zero-order valence-electron chi connectivity index (χ0n) is 18.6. The van der Waals surface area contributed by atoms with Gasteiger partial charge in [0.05, 0.1) is 12.1 Å². The highest BCUT2D eigenvalue weighted by Gasteiger charge is 2.28. The van der Waals surface area contributed by atoms with E-state index in [9.17, 15) is 9.90 Å². The van der Waals surface area contributed by atoms with Crippen molar-refractivity contribution in [1.82, 2.24) is 5.32 Å². The average Bonchev–Trinajstić information content (AvgIpc) is 3.09. The molecule has 0 heterocycles. The van der Waals surface area contributed by atoms with E-state index in [0.29, 0.717) is 5.56 Å². The molecule has 2 N–H and O–H groups in total. The number of nitrogens with one attached hydrogen (secondary N) is 1. The van der Waals surface area contributed by atoms with Gasteiger partial charge in [0, 0.05) is 5.92 Å². The molecule has 3 aromatic rings. The summed E-state index contributed by atoms with van der Waals surface area (Å²) in [7, 11) is 0. The summed E-state index contributed by atoms with van der Waals surface area (Å²) in [5.41, 5.74) is 6.34. The van der Waals surface area contributed by atoms with E-state index in [1.54, 1.807) is 6.07 Å². The van der Waals surface area contributed by atoms with Gasteiger partial charge in [-0.3, -0.25) is 0 Å². The molecule has 162 valence electrons. The fourth-order valence-corrected chi connectivity index (χ4v) is 4.01. The summed E-state index contributed by atoms with van der Waals surface area (Å²) in [6.07, 6.45) is -0.506. The van der Waals surface area contributed by atoms with Crippen LogP contribution in [-0.2, 0) is 10.2 Å². The Balaban J connectivity index is 1.36. The van der Waals surface area contributed by atoms with Gasteiger partial charge in [0.2, 0.25) is 0 Å². The average molecular weight is 426 g/mol. The van der Waals surface area contributed by atoms with Crippen LogP contribution in [0.1, 0.15) is 48.9 Å². The van der Waals surface area contributed by atoms with Gasteiger partial charge < -0.3 is 15.2 Å². The molecule has 0 aliphatic heterocycles. The number of aromatic hydroxyl groups is 1. The highest BCUT2D eigenvalue weighted by Crippen LogP contribution is 2.44. The minimum Gasteiger partial charge on any atom is -0.507 e. The lowest BCUT2D eigenvalue weighted by molar-refractivity contribution is 0.144. The Hall–Kier alpha value is -3.71. The van der Waals surface area contributed by atoms with Crippen molar-refractivity contribution < 1.29 is 14.6 Å². The number of hydrogen-bond donors (Lipinski definition) is 2. The third-order valence-electron chi connectivity index (χ3n) is 5.75. The molecular weight excluding hydrogens is 398 g/mol. The van der Waals surface area contributed by atoms with Gasteiger partial charge in [-0.05, 0) is 45.4 Å². The molecule has 0 spiro atoms. The Labute approximate surface area is 189 Å². The van der Waals surface area contributed by atoms with Crippen LogP contribution in [0, 0.1) is 11.8 Å². The summed E-state index contributed by atoms with van der Waals surface area (Å²) in [6, 6.07) is 21.9. The summed E-state index contributed by atoms with van der Waals surface area (Å²) in [6.45, 7) is 6.72. The van der Waals surface area contributed by atoms with Gasteiger partial charge in [-0.2, -0.15) is 0 Å². The van der Waals surface area contributed by atoms with Crippen LogP contribution in [0.15, 0.2) is 66.7 Å². The number of alkyl carbamates (subject to hydrolysis) is 1. The van der Waals surface area contributed by atoms with Crippen LogP contribution in [0.25, 0.3) is 11.1 Å². The number of rotatable bonds is 3. The van der Waals surface area contributed by atoms with Crippen LogP contribution in [0.5, 0.6) is 5.75 Å². The van der Waals surface area contributed by atoms with E-state index in [1.807, 2.05) is 36.4 Å². The Morgan fingerprint density at radius 1 is 1.00 bits per heavy atom. The topological polar surface area (TPSA) is 58.6 Å². The first kappa shape index (κ1) is 21.5. The first-order valence-corrected chi connectivity index (χ1v) is 10.8. The van der Waals surface area contributed by atoms with Crippen molar-refractivity contribution in [3.63, 3.8) is 0 Å². The van der Waals surface area contributed by atoms with Crippen LogP contribution >= 0.6 is 0 Å².